The molecule has 0 bridgehead atoms. The maximum Gasteiger partial charge on any atom is 0.325 e. The molecule has 56 heavy (non-hydrogen) atoms. The minimum atomic E-state index is -1.22. The fourth-order valence-corrected chi connectivity index (χ4v) is 6.38. The summed E-state index contributed by atoms with van der Waals surface area (Å²) in [6, 6.07) is -8.13. The van der Waals surface area contributed by atoms with Crippen molar-refractivity contribution in [2.24, 2.45) is 35.3 Å². The third-order valence-corrected chi connectivity index (χ3v) is 9.48. The van der Waals surface area contributed by atoms with Crippen LogP contribution in [0.4, 0.5) is 0 Å². The Balaban J connectivity index is 3.28. The Kier molecular flexibility index (Phi) is 20.5. The summed E-state index contributed by atoms with van der Waals surface area (Å²) in [6.45, 7) is 21.3. The fraction of sp³-hybridized carbons (Fsp3) is 0.795. The van der Waals surface area contributed by atoms with Crippen molar-refractivity contribution >= 4 is 47.3 Å². The number of aliphatic carboxylic acids is 1. The monoisotopic (exact) mass is 795 g/mol. The van der Waals surface area contributed by atoms with E-state index in [1.54, 1.807) is 27.7 Å². The number of likely N-dealkylation sites (tertiary alicyclic amines) is 1. The van der Waals surface area contributed by atoms with Gasteiger partial charge >= 0.3 is 5.97 Å². The normalized spacial score (nSPS) is 18.1. The number of nitrogens with two attached hydrogens (primary N) is 1. The first-order valence-corrected chi connectivity index (χ1v) is 20.0. The predicted molar refractivity (Wildman–Crippen MR) is 211 cm³/mol. The summed E-state index contributed by atoms with van der Waals surface area (Å²) in [5.41, 5.74) is 5.69. The molecule has 0 aromatic rings. The summed E-state index contributed by atoms with van der Waals surface area (Å²) in [6.07, 6.45) is 1.51. The Morgan fingerprint density at radius 1 is 0.571 bits per heavy atom. The second-order valence-corrected chi connectivity index (χ2v) is 17.1. The van der Waals surface area contributed by atoms with Crippen molar-refractivity contribution in [2.45, 2.75) is 164 Å². The topological polar surface area (TPSA) is 258 Å². The van der Waals surface area contributed by atoms with E-state index in [0.717, 1.165) is 0 Å². The van der Waals surface area contributed by atoms with Crippen molar-refractivity contribution in [2.75, 3.05) is 6.54 Å². The number of carbonyl (C=O) groups excluding carboxylic acids is 7. The molecular formula is C39H70N8O9. The van der Waals surface area contributed by atoms with Gasteiger partial charge in [0.25, 0.3) is 0 Å². The van der Waals surface area contributed by atoms with Crippen LogP contribution in [0.25, 0.3) is 0 Å². The van der Waals surface area contributed by atoms with Crippen LogP contribution in [-0.4, -0.2) is 112 Å². The molecule has 0 spiro atoms. The maximum absolute atomic E-state index is 14.2. The van der Waals surface area contributed by atoms with E-state index in [0.29, 0.717) is 12.8 Å². The lowest BCUT2D eigenvalue weighted by Gasteiger charge is -2.32. The maximum atomic E-state index is 14.2. The molecule has 8 atom stereocenters. The number of hydrogen-bond donors (Lipinski definition) is 8. The van der Waals surface area contributed by atoms with Crippen LogP contribution in [0.3, 0.4) is 0 Å². The summed E-state index contributed by atoms with van der Waals surface area (Å²) < 4.78 is 0. The molecule has 0 aromatic heterocycles. The lowest BCUT2D eigenvalue weighted by molar-refractivity contribution is -0.143. The third kappa shape index (κ3) is 16.1. The number of nitrogens with zero attached hydrogens (tertiary/aromatic N) is 1. The summed E-state index contributed by atoms with van der Waals surface area (Å²) in [4.78, 5) is 107. The van der Waals surface area contributed by atoms with Crippen molar-refractivity contribution in [1.82, 2.24) is 36.8 Å². The van der Waals surface area contributed by atoms with Gasteiger partial charge in [-0.25, -0.2) is 0 Å². The van der Waals surface area contributed by atoms with Crippen LogP contribution < -0.4 is 37.6 Å². The van der Waals surface area contributed by atoms with Crippen LogP contribution >= 0.6 is 0 Å². The smallest absolute Gasteiger partial charge is 0.325 e. The predicted octanol–water partition coefficient (Wildman–Crippen LogP) is 0.788. The molecule has 1 heterocycles. The van der Waals surface area contributed by atoms with E-state index in [1.807, 2.05) is 41.5 Å². The average molecular weight is 795 g/mol. The lowest BCUT2D eigenvalue weighted by atomic mass is 9.97. The molecule has 0 aromatic carbocycles. The van der Waals surface area contributed by atoms with Gasteiger partial charge in [-0.15, -0.1) is 0 Å². The highest BCUT2D eigenvalue weighted by atomic mass is 16.4. The number of nitrogens with one attached hydrogen (secondary N) is 6. The lowest BCUT2D eigenvalue weighted by Crippen LogP contribution is -2.61. The van der Waals surface area contributed by atoms with Gasteiger partial charge in [0.15, 0.2) is 0 Å². The summed E-state index contributed by atoms with van der Waals surface area (Å²) in [5, 5.41) is 25.4. The second kappa shape index (κ2) is 23.1. The highest BCUT2D eigenvalue weighted by molar-refractivity contribution is 5.97. The van der Waals surface area contributed by atoms with Crippen molar-refractivity contribution in [3.63, 3.8) is 0 Å². The van der Waals surface area contributed by atoms with E-state index in [-0.39, 0.29) is 49.5 Å². The molecule has 0 aliphatic carbocycles. The first kappa shape index (κ1) is 49.7. The van der Waals surface area contributed by atoms with Crippen LogP contribution in [0.2, 0.25) is 0 Å². The van der Waals surface area contributed by atoms with Gasteiger partial charge in [0.1, 0.15) is 42.3 Å². The summed E-state index contributed by atoms with van der Waals surface area (Å²) in [5.74, 6) is -6.08. The number of rotatable bonds is 22. The van der Waals surface area contributed by atoms with Crippen molar-refractivity contribution in [3.05, 3.63) is 0 Å². The van der Waals surface area contributed by atoms with Gasteiger partial charge in [0.05, 0.1) is 6.04 Å². The molecule has 1 fully saturated rings. The van der Waals surface area contributed by atoms with Crippen LogP contribution in [0.1, 0.15) is 115 Å². The standard InChI is InChI=1S/C39H70N8O9/c1-19(2)16-26(33(49)41-25(12)39(55)56)42-35(51)29-14-13-15-47(29)38(54)28(18-21(5)6)44-34(50)27(17-20(3)4)43-36(52)30(22(7)8)46-37(53)31(23(9)10)45-32(48)24(11)40/h19-31H,13-18,40H2,1-12H3,(H,41,49)(H,42,51)(H,43,52)(H,44,50)(H,45,48)(H,46,53)(H,55,56). The molecule has 1 aliphatic heterocycles. The van der Waals surface area contributed by atoms with Gasteiger partial charge in [0.2, 0.25) is 41.4 Å². The Labute approximate surface area is 332 Å². The second-order valence-electron chi connectivity index (χ2n) is 17.1. The van der Waals surface area contributed by atoms with Gasteiger partial charge in [0, 0.05) is 6.54 Å². The molecule has 7 amide bonds. The fourth-order valence-electron chi connectivity index (χ4n) is 6.38. The van der Waals surface area contributed by atoms with Gasteiger partial charge in [-0.3, -0.25) is 38.4 Å². The van der Waals surface area contributed by atoms with E-state index >= 15 is 0 Å². The molecule has 320 valence electrons. The minimum absolute atomic E-state index is 0.0191. The minimum Gasteiger partial charge on any atom is -0.480 e. The molecule has 1 aliphatic rings. The van der Waals surface area contributed by atoms with Crippen LogP contribution in [0.5, 0.6) is 0 Å². The number of hydrogen-bond acceptors (Lipinski definition) is 9. The van der Waals surface area contributed by atoms with Gasteiger partial charge in [-0.1, -0.05) is 69.2 Å². The molecule has 1 rings (SSSR count). The van der Waals surface area contributed by atoms with Crippen LogP contribution in [0, 0.1) is 29.6 Å². The molecule has 0 radical (unpaired) electrons. The largest absolute Gasteiger partial charge is 0.480 e. The van der Waals surface area contributed by atoms with Crippen LogP contribution in [0.15, 0.2) is 0 Å². The molecule has 1 saturated heterocycles. The first-order valence-electron chi connectivity index (χ1n) is 20.0. The third-order valence-electron chi connectivity index (χ3n) is 9.48. The van der Waals surface area contributed by atoms with Gasteiger partial charge in [-0.2, -0.15) is 0 Å². The summed E-state index contributed by atoms with van der Waals surface area (Å²) in [7, 11) is 0. The number of carboxylic acid groups (broad SMARTS) is 1. The first-order chi connectivity index (χ1) is 25.9. The molecular weight excluding hydrogens is 724 g/mol. The Morgan fingerprint density at radius 2 is 0.982 bits per heavy atom. The Bertz CT molecular complexity index is 1380. The van der Waals surface area contributed by atoms with Crippen molar-refractivity contribution in [1.29, 1.82) is 0 Å². The SMILES string of the molecule is CC(C)CC(NC(=O)C(NC(=O)C(NC(=O)C(C)N)C(C)C)C(C)C)C(=O)NC(CC(C)C)C(=O)N1CCCC1C(=O)NC(CC(C)C)C(=O)NC(C)C(=O)O. The Hall–Kier alpha value is -4.28. The quantitative estimate of drug-likeness (QED) is 0.0765. The van der Waals surface area contributed by atoms with Gasteiger partial charge in [-0.05, 0) is 75.5 Å². The number of carbonyl (C=O) groups is 8. The molecule has 9 N–H and O–H groups in total. The van der Waals surface area contributed by atoms with E-state index in [1.165, 1.54) is 18.7 Å². The average Bonchev–Trinajstić information content (AvgIpc) is 3.57. The van der Waals surface area contributed by atoms with Crippen molar-refractivity contribution in [3.8, 4) is 0 Å². The van der Waals surface area contributed by atoms with Crippen LogP contribution in [-0.2, 0) is 38.4 Å². The van der Waals surface area contributed by atoms with E-state index in [2.05, 4.69) is 31.9 Å². The molecule has 0 saturated carbocycles. The zero-order valence-electron chi connectivity index (χ0n) is 35.5. The number of amides is 7. The molecule has 8 unspecified atom stereocenters. The van der Waals surface area contributed by atoms with E-state index in [9.17, 15) is 43.5 Å². The number of carboxylic acids is 1. The molecule has 17 nitrogen and oxygen atoms in total. The molecule has 17 heteroatoms. The Morgan fingerprint density at radius 3 is 1.43 bits per heavy atom. The summed E-state index contributed by atoms with van der Waals surface area (Å²) >= 11 is 0. The highest BCUT2D eigenvalue weighted by Crippen LogP contribution is 2.22. The zero-order valence-corrected chi connectivity index (χ0v) is 35.5. The van der Waals surface area contributed by atoms with Gasteiger partial charge < -0.3 is 47.6 Å². The van der Waals surface area contributed by atoms with E-state index in [4.69, 9.17) is 5.73 Å². The highest BCUT2D eigenvalue weighted by Gasteiger charge is 2.40. The zero-order chi connectivity index (χ0) is 43.2. The van der Waals surface area contributed by atoms with Crippen molar-refractivity contribution < 1.29 is 43.5 Å². The van der Waals surface area contributed by atoms with E-state index < -0.39 is 102 Å².